The lowest BCUT2D eigenvalue weighted by Crippen LogP contribution is -2.58. The maximum Gasteiger partial charge on any atom is 0.303 e. The minimum absolute atomic E-state index is 0.0778. The first-order valence-corrected chi connectivity index (χ1v) is 8.18. The summed E-state index contributed by atoms with van der Waals surface area (Å²) in [6.07, 6.45) is -4.20. The van der Waals surface area contributed by atoms with Crippen LogP contribution in [0.5, 0.6) is 0 Å². The van der Waals surface area contributed by atoms with E-state index in [1.54, 1.807) is 14.1 Å². The standard InChI is InChI=1S/C16H27FNO8/c1-10(19)24-13-8-23-16(22-7-6-18(4,5)9-17)15(26-12(3)21)14(13)25-11(2)20/h13-16H,6-9H2,1-5H3/q+1/t13-,14+,15-,16+/m1/s1. The maximum absolute atomic E-state index is 12.9. The highest BCUT2D eigenvalue weighted by atomic mass is 19.1. The molecule has 1 rings (SSSR count). The second-order valence-corrected chi connectivity index (χ2v) is 6.65. The second-order valence-electron chi connectivity index (χ2n) is 6.65. The summed E-state index contributed by atoms with van der Waals surface area (Å²) in [5, 5.41) is 0. The van der Waals surface area contributed by atoms with Gasteiger partial charge in [-0.15, -0.1) is 0 Å². The molecule has 0 amide bonds. The fourth-order valence-corrected chi connectivity index (χ4v) is 2.33. The normalized spacial score (nSPS) is 26.1. The Morgan fingerprint density at radius 2 is 1.54 bits per heavy atom. The maximum atomic E-state index is 12.9. The minimum atomic E-state index is -1.13. The molecular formula is C16H27FNO8+. The van der Waals surface area contributed by atoms with E-state index in [2.05, 4.69) is 0 Å². The van der Waals surface area contributed by atoms with Crippen molar-refractivity contribution in [2.24, 2.45) is 0 Å². The molecule has 0 unspecified atom stereocenters. The molecule has 0 radical (unpaired) electrons. The van der Waals surface area contributed by atoms with Gasteiger partial charge in [-0.2, -0.15) is 4.39 Å². The summed E-state index contributed by atoms with van der Waals surface area (Å²) in [6, 6.07) is 0. The Bertz CT molecular complexity index is 512. The van der Waals surface area contributed by atoms with Gasteiger partial charge in [0.25, 0.3) is 0 Å². The van der Waals surface area contributed by atoms with Gasteiger partial charge in [0, 0.05) is 20.8 Å². The van der Waals surface area contributed by atoms with Crippen LogP contribution in [0.2, 0.25) is 0 Å². The highest BCUT2D eigenvalue weighted by molar-refractivity contribution is 5.68. The number of likely N-dealkylation sites (N-methyl/N-ethyl adjacent to an activating group) is 1. The van der Waals surface area contributed by atoms with Gasteiger partial charge in [0.15, 0.2) is 24.6 Å². The predicted molar refractivity (Wildman–Crippen MR) is 85.3 cm³/mol. The summed E-state index contributed by atoms with van der Waals surface area (Å²) in [7, 11) is 3.38. The van der Waals surface area contributed by atoms with E-state index < -0.39 is 49.3 Å². The van der Waals surface area contributed by atoms with Crippen LogP contribution in [0.4, 0.5) is 4.39 Å². The smallest absolute Gasteiger partial charge is 0.303 e. The molecule has 0 aromatic carbocycles. The molecule has 0 spiro atoms. The molecule has 1 aliphatic rings. The molecular weight excluding hydrogens is 353 g/mol. The number of hydrogen-bond donors (Lipinski definition) is 0. The molecule has 150 valence electrons. The van der Waals surface area contributed by atoms with Gasteiger partial charge >= 0.3 is 17.9 Å². The monoisotopic (exact) mass is 380 g/mol. The van der Waals surface area contributed by atoms with Crippen molar-refractivity contribution in [2.45, 2.75) is 45.4 Å². The first-order chi connectivity index (χ1) is 12.1. The van der Waals surface area contributed by atoms with Crippen molar-refractivity contribution in [3.8, 4) is 0 Å². The Morgan fingerprint density at radius 3 is 2.04 bits per heavy atom. The number of hydrogen-bond acceptors (Lipinski definition) is 8. The summed E-state index contributed by atoms with van der Waals surface area (Å²) in [6.45, 7) is 3.33. The molecule has 0 N–H and O–H groups in total. The van der Waals surface area contributed by atoms with Crippen LogP contribution >= 0.6 is 0 Å². The molecule has 1 fully saturated rings. The zero-order valence-corrected chi connectivity index (χ0v) is 15.7. The van der Waals surface area contributed by atoms with E-state index in [9.17, 15) is 18.8 Å². The number of esters is 3. The molecule has 1 heterocycles. The lowest BCUT2D eigenvalue weighted by atomic mass is 10.0. The number of rotatable bonds is 8. The zero-order chi connectivity index (χ0) is 19.9. The Labute approximate surface area is 151 Å². The van der Waals surface area contributed by atoms with Gasteiger partial charge in [-0.3, -0.25) is 14.4 Å². The van der Waals surface area contributed by atoms with Crippen molar-refractivity contribution in [1.29, 1.82) is 0 Å². The third kappa shape index (κ3) is 7.22. The SMILES string of the molecule is CC(=O)O[C@@H]1[C@@H](OC(C)=O)[C@@H](OCC[N+](C)(C)CF)OC[C@H]1OC(C)=O. The van der Waals surface area contributed by atoms with E-state index >= 15 is 0 Å². The molecule has 1 saturated heterocycles. The first kappa shape index (κ1) is 22.3. The minimum Gasteiger partial charge on any atom is -0.456 e. The van der Waals surface area contributed by atoms with Crippen molar-refractivity contribution < 1.29 is 46.9 Å². The molecule has 4 atom stereocenters. The zero-order valence-electron chi connectivity index (χ0n) is 15.7. The van der Waals surface area contributed by atoms with E-state index in [4.69, 9.17) is 23.7 Å². The molecule has 0 aromatic rings. The van der Waals surface area contributed by atoms with Crippen molar-refractivity contribution >= 4 is 17.9 Å². The first-order valence-electron chi connectivity index (χ1n) is 8.18. The summed E-state index contributed by atoms with van der Waals surface area (Å²) in [4.78, 5) is 34.2. The fourth-order valence-electron chi connectivity index (χ4n) is 2.33. The summed E-state index contributed by atoms with van der Waals surface area (Å²) >= 11 is 0. The van der Waals surface area contributed by atoms with Crippen molar-refractivity contribution in [3.63, 3.8) is 0 Å². The van der Waals surface area contributed by atoms with Crippen LogP contribution in [0.3, 0.4) is 0 Å². The van der Waals surface area contributed by atoms with Crippen LogP contribution in [0, 0.1) is 0 Å². The average molecular weight is 380 g/mol. The van der Waals surface area contributed by atoms with Crippen molar-refractivity contribution in [2.75, 3.05) is 40.7 Å². The number of carbonyl (C=O) groups is 3. The van der Waals surface area contributed by atoms with Crippen LogP contribution in [0.15, 0.2) is 0 Å². The van der Waals surface area contributed by atoms with Crippen LogP contribution in [0.25, 0.3) is 0 Å². The van der Waals surface area contributed by atoms with Crippen LogP contribution in [-0.4, -0.2) is 87.6 Å². The highest BCUT2D eigenvalue weighted by Crippen LogP contribution is 2.25. The average Bonchev–Trinajstić information content (AvgIpc) is 2.51. The number of nitrogens with zero attached hydrogens (tertiary/aromatic N) is 1. The van der Waals surface area contributed by atoms with Gasteiger partial charge in [-0.1, -0.05) is 0 Å². The largest absolute Gasteiger partial charge is 0.456 e. The molecule has 26 heavy (non-hydrogen) atoms. The molecule has 1 aliphatic heterocycles. The molecule has 0 aliphatic carbocycles. The van der Waals surface area contributed by atoms with Crippen LogP contribution < -0.4 is 0 Å². The third-order valence-electron chi connectivity index (χ3n) is 3.61. The number of ether oxygens (including phenoxy) is 5. The van der Waals surface area contributed by atoms with E-state index in [1.807, 2.05) is 0 Å². The predicted octanol–water partition coefficient (Wildman–Crippen LogP) is 0.158. The summed E-state index contributed by atoms with van der Waals surface area (Å²) in [5.41, 5.74) is 0. The van der Waals surface area contributed by atoms with Gasteiger partial charge < -0.3 is 28.2 Å². The molecule has 0 aromatic heterocycles. The lowest BCUT2D eigenvalue weighted by Gasteiger charge is -2.40. The molecule has 0 bridgehead atoms. The van der Waals surface area contributed by atoms with Crippen LogP contribution in [-0.2, 0) is 38.1 Å². The van der Waals surface area contributed by atoms with E-state index in [0.717, 1.165) is 0 Å². The van der Waals surface area contributed by atoms with Gasteiger partial charge in [0.2, 0.25) is 6.80 Å². The van der Waals surface area contributed by atoms with Crippen LogP contribution in [0.1, 0.15) is 20.8 Å². The van der Waals surface area contributed by atoms with Gasteiger partial charge in [-0.25, -0.2) is 0 Å². The van der Waals surface area contributed by atoms with Crippen molar-refractivity contribution in [1.82, 2.24) is 0 Å². The topological polar surface area (TPSA) is 97.4 Å². The Morgan fingerprint density at radius 1 is 1.00 bits per heavy atom. The Hall–Kier alpha value is -1.78. The highest BCUT2D eigenvalue weighted by Gasteiger charge is 2.47. The summed E-state index contributed by atoms with van der Waals surface area (Å²) in [5.74, 6) is -1.88. The number of quaternary nitrogens is 1. The van der Waals surface area contributed by atoms with E-state index in [0.29, 0.717) is 6.54 Å². The quantitative estimate of drug-likeness (QED) is 0.254. The molecule has 10 heteroatoms. The van der Waals surface area contributed by atoms with E-state index in [-0.39, 0.29) is 17.7 Å². The van der Waals surface area contributed by atoms with E-state index in [1.165, 1.54) is 20.8 Å². The number of halogens is 1. The number of carbonyl (C=O) groups excluding carboxylic acids is 3. The second kappa shape index (κ2) is 9.79. The number of alkyl halides is 1. The third-order valence-corrected chi connectivity index (χ3v) is 3.61. The van der Waals surface area contributed by atoms with Gasteiger partial charge in [0.05, 0.1) is 27.3 Å². The van der Waals surface area contributed by atoms with Crippen molar-refractivity contribution in [3.05, 3.63) is 0 Å². The van der Waals surface area contributed by atoms with Gasteiger partial charge in [-0.05, 0) is 0 Å². The Balaban J connectivity index is 2.90. The Kier molecular flexibility index (Phi) is 8.38. The van der Waals surface area contributed by atoms with Gasteiger partial charge in [0.1, 0.15) is 6.54 Å². The summed E-state index contributed by atoms with van der Waals surface area (Å²) < 4.78 is 39.5. The molecule has 0 saturated carbocycles. The lowest BCUT2D eigenvalue weighted by molar-refractivity contribution is -0.903. The molecule has 9 nitrogen and oxygen atoms in total. The fraction of sp³-hybridized carbons (Fsp3) is 0.812.